The normalized spacial score (nSPS) is 16.8. The average molecular weight is 546 g/mol. The number of aryl methyl sites for hydroxylation is 1. The molecule has 1 aliphatic heterocycles. The van der Waals surface area contributed by atoms with Crippen LogP contribution in [0, 0.1) is 0 Å². The second kappa shape index (κ2) is 13.6. The van der Waals surface area contributed by atoms with E-state index in [1.165, 1.54) is 29.9 Å². The van der Waals surface area contributed by atoms with Crippen LogP contribution in [0.15, 0.2) is 57.8 Å². The number of nitrogens with one attached hydrogen (secondary N) is 1. The van der Waals surface area contributed by atoms with E-state index in [0.29, 0.717) is 12.3 Å². The van der Waals surface area contributed by atoms with Crippen molar-refractivity contribution in [1.29, 1.82) is 0 Å². The molecule has 3 rings (SSSR count). The van der Waals surface area contributed by atoms with Crippen molar-refractivity contribution in [2.24, 2.45) is 4.40 Å². The lowest BCUT2D eigenvalue weighted by molar-refractivity contribution is -0.128. The highest BCUT2D eigenvalue weighted by molar-refractivity contribution is 8.16. The highest BCUT2D eigenvalue weighted by atomic mass is 32.2. The van der Waals surface area contributed by atoms with Crippen molar-refractivity contribution in [1.82, 2.24) is 4.90 Å². The number of sulfonamides is 1. The number of nitrogens with zero attached hydrogens (tertiary/aromatic N) is 2. The number of carbonyl (C=O) groups excluding carboxylic acids is 2. The summed E-state index contributed by atoms with van der Waals surface area (Å²) in [5.41, 5.74) is 1.61. The Morgan fingerprint density at radius 1 is 1.03 bits per heavy atom. The summed E-state index contributed by atoms with van der Waals surface area (Å²) in [7, 11) is -3.99. The molecule has 37 heavy (non-hydrogen) atoms. The van der Waals surface area contributed by atoms with Crippen LogP contribution in [-0.4, -0.2) is 48.7 Å². The molecule has 1 unspecified atom stereocenters. The minimum atomic E-state index is -3.99. The van der Waals surface area contributed by atoms with Crippen LogP contribution in [-0.2, 0) is 26.0 Å². The number of benzene rings is 2. The maximum Gasteiger partial charge on any atom is 0.284 e. The Morgan fingerprint density at radius 2 is 1.73 bits per heavy atom. The van der Waals surface area contributed by atoms with Crippen LogP contribution >= 0.6 is 11.8 Å². The average Bonchev–Trinajstić information content (AvgIpc) is 3.17. The van der Waals surface area contributed by atoms with Gasteiger partial charge in [0.05, 0.1) is 11.5 Å². The molecule has 0 aliphatic carbocycles. The molecule has 0 radical (unpaired) electrons. The first-order valence-electron chi connectivity index (χ1n) is 12.7. The number of unbranched alkanes of at least 4 members (excludes halogenated alkanes) is 3. The van der Waals surface area contributed by atoms with Gasteiger partial charge in [-0.1, -0.05) is 57.0 Å². The smallest absolute Gasteiger partial charge is 0.284 e. The Bertz CT molecular complexity index is 1200. The van der Waals surface area contributed by atoms with Gasteiger partial charge in [0.25, 0.3) is 10.0 Å². The van der Waals surface area contributed by atoms with Gasteiger partial charge >= 0.3 is 0 Å². The summed E-state index contributed by atoms with van der Waals surface area (Å²) >= 11 is 1.00. The van der Waals surface area contributed by atoms with E-state index in [1.807, 2.05) is 6.92 Å². The van der Waals surface area contributed by atoms with Crippen LogP contribution in [0.2, 0.25) is 0 Å². The van der Waals surface area contributed by atoms with E-state index in [1.54, 1.807) is 43.3 Å². The first-order chi connectivity index (χ1) is 17.8. The molecule has 0 saturated carbocycles. The number of hydrogen-bond donors (Lipinski definition) is 1. The number of hydrogen-bond acceptors (Lipinski definition) is 6. The minimum Gasteiger partial charge on any atom is -0.494 e. The SMILES string of the molecule is CCCCCCOc1ccc(NC(=O)CC2SC(=NS(=O)(=O)c3ccc(CC)cc3)N(CC)C2=O)cc1. The molecule has 8 nitrogen and oxygen atoms in total. The molecular formula is C27H35N3O5S2. The molecule has 0 aromatic heterocycles. The van der Waals surface area contributed by atoms with E-state index in [9.17, 15) is 18.0 Å². The Morgan fingerprint density at radius 3 is 2.35 bits per heavy atom. The van der Waals surface area contributed by atoms with Gasteiger partial charge in [-0.05, 0) is 61.7 Å². The number of thioether (sulfide) groups is 1. The lowest BCUT2D eigenvalue weighted by Gasteiger charge is -2.13. The third-order valence-corrected chi connectivity index (χ3v) is 8.51. The summed E-state index contributed by atoms with van der Waals surface area (Å²) in [6.45, 7) is 6.81. The molecule has 1 aliphatic rings. The van der Waals surface area contributed by atoms with E-state index in [0.717, 1.165) is 42.3 Å². The van der Waals surface area contributed by atoms with Gasteiger partial charge in [-0.2, -0.15) is 8.42 Å². The zero-order valence-corrected chi connectivity index (χ0v) is 23.2. The van der Waals surface area contributed by atoms with Crippen molar-refractivity contribution in [3.8, 4) is 5.75 Å². The number of amides is 2. The Hall–Kier alpha value is -2.85. The molecule has 10 heteroatoms. The van der Waals surface area contributed by atoms with E-state index >= 15 is 0 Å². The molecule has 2 aromatic rings. The summed E-state index contributed by atoms with van der Waals surface area (Å²) < 4.78 is 35.3. The fraction of sp³-hybridized carbons (Fsp3) is 0.444. The Balaban J connectivity index is 1.59. The third-order valence-electron chi connectivity index (χ3n) is 5.94. The quantitative estimate of drug-likeness (QED) is 0.345. The van der Waals surface area contributed by atoms with E-state index in [-0.39, 0.29) is 34.8 Å². The van der Waals surface area contributed by atoms with Crippen molar-refractivity contribution in [2.75, 3.05) is 18.5 Å². The molecule has 1 atom stereocenters. The van der Waals surface area contributed by atoms with Crippen LogP contribution < -0.4 is 10.1 Å². The molecule has 0 bridgehead atoms. The van der Waals surface area contributed by atoms with Gasteiger partial charge in [-0.15, -0.1) is 4.40 Å². The molecule has 1 heterocycles. The maximum absolute atomic E-state index is 12.9. The summed E-state index contributed by atoms with van der Waals surface area (Å²) in [6.07, 6.45) is 5.22. The van der Waals surface area contributed by atoms with Crippen LogP contribution in [0.25, 0.3) is 0 Å². The first kappa shape index (κ1) is 28.7. The number of anilines is 1. The monoisotopic (exact) mass is 545 g/mol. The summed E-state index contributed by atoms with van der Waals surface area (Å²) in [5.74, 6) is 0.0696. The largest absolute Gasteiger partial charge is 0.494 e. The van der Waals surface area contributed by atoms with Crippen molar-refractivity contribution in [2.45, 2.75) is 69.4 Å². The molecule has 1 saturated heterocycles. The molecule has 200 valence electrons. The van der Waals surface area contributed by atoms with Gasteiger partial charge in [0.2, 0.25) is 11.8 Å². The van der Waals surface area contributed by atoms with Gasteiger partial charge in [-0.3, -0.25) is 14.5 Å². The van der Waals surface area contributed by atoms with Gasteiger partial charge < -0.3 is 10.1 Å². The van der Waals surface area contributed by atoms with Crippen molar-refractivity contribution < 1.29 is 22.7 Å². The molecule has 2 amide bonds. The molecule has 1 fully saturated rings. The van der Waals surface area contributed by atoms with E-state index in [4.69, 9.17) is 4.74 Å². The maximum atomic E-state index is 12.9. The fourth-order valence-corrected chi connectivity index (χ4v) is 6.21. The Labute approximate surface area is 223 Å². The lowest BCUT2D eigenvalue weighted by atomic mass is 10.2. The zero-order chi connectivity index (χ0) is 26.8. The Kier molecular flexibility index (Phi) is 10.6. The number of ether oxygens (including phenoxy) is 1. The molecule has 1 N–H and O–H groups in total. The van der Waals surface area contributed by atoms with Crippen molar-refractivity contribution >= 4 is 44.5 Å². The van der Waals surface area contributed by atoms with Gasteiger partial charge in [-0.25, -0.2) is 0 Å². The lowest BCUT2D eigenvalue weighted by Crippen LogP contribution is -2.33. The second-order valence-electron chi connectivity index (χ2n) is 8.72. The number of carbonyl (C=O) groups is 2. The van der Waals surface area contributed by atoms with Gasteiger partial charge in [0.15, 0.2) is 5.17 Å². The highest BCUT2D eigenvalue weighted by Crippen LogP contribution is 2.31. The van der Waals surface area contributed by atoms with Crippen molar-refractivity contribution in [3.05, 3.63) is 54.1 Å². The van der Waals surface area contributed by atoms with Crippen LogP contribution in [0.1, 0.15) is 58.4 Å². The number of rotatable bonds is 13. The fourth-order valence-electron chi connectivity index (χ4n) is 3.79. The van der Waals surface area contributed by atoms with Gasteiger partial charge in [0.1, 0.15) is 11.0 Å². The summed E-state index contributed by atoms with van der Waals surface area (Å²) in [6, 6.07) is 13.6. The van der Waals surface area contributed by atoms with E-state index < -0.39 is 15.3 Å². The topological polar surface area (TPSA) is 105 Å². The summed E-state index contributed by atoms with van der Waals surface area (Å²) in [5, 5.41) is 2.14. The zero-order valence-electron chi connectivity index (χ0n) is 21.6. The van der Waals surface area contributed by atoms with Crippen LogP contribution in [0.3, 0.4) is 0 Å². The van der Waals surface area contributed by atoms with Crippen LogP contribution in [0.4, 0.5) is 5.69 Å². The van der Waals surface area contributed by atoms with Gasteiger partial charge in [0, 0.05) is 18.7 Å². The standard InChI is InChI=1S/C27H35N3O5S2/c1-4-7-8-9-18-35-22-14-12-21(13-15-22)28-25(31)19-24-26(32)30(6-3)27(36-24)29-37(33,34)23-16-10-20(5-2)11-17-23/h10-17,24H,4-9,18-19H2,1-3H3,(H,28,31). The highest BCUT2D eigenvalue weighted by Gasteiger charge is 2.39. The van der Waals surface area contributed by atoms with Crippen molar-refractivity contribution in [3.63, 3.8) is 0 Å². The minimum absolute atomic E-state index is 0.0656. The van der Waals surface area contributed by atoms with E-state index in [2.05, 4.69) is 16.6 Å². The summed E-state index contributed by atoms with van der Waals surface area (Å²) in [4.78, 5) is 26.9. The molecule has 2 aromatic carbocycles. The predicted octanol–water partition coefficient (Wildman–Crippen LogP) is 5.25. The predicted molar refractivity (Wildman–Crippen MR) is 149 cm³/mol. The second-order valence-corrected chi connectivity index (χ2v) is 11.5. The first-order valence-corrected chi connectivity index (χ1v) is 15.0. The molecular weight excluding hydrogens is 510 g/mol. The third kappa shape index (κ3) is 8.07. The number of amidine groups is 1. The molecule has 0 spiro atoms. The van der Waals surface area contributed by atoms with Crippen LogP contribution in [0.5, 0.6) is 5.75 Å².